The number of aliphatic carboxylic acids is 1. The number of carbonyl (C=O) groups excluding carboxylic acids is 1. The van der Waals surface area contributed by atoms with Gasteiger partial charge in [0, 0.05) is 12.5 Å². The number of hydrogen-bond acceptors (Lipinski definition) is 3. The number of carboxylic acid groups (broad SMARTS) is 1. The van der Waals surface area contributed by atoms with E-state index in [-0.39, 0.29) is 11.9 Å². The van der Waals surface area contributed by atoms with Gasteiger partial charge in [-0.2, -0.15) is 0 Å². The van der Waals surface area contributed by atoms with Crippen LogP contribution in [0.1, 0.15) is 33.1 Å². The molecule has 1 saturated heterocycles. The largest absolute Gasteiger partial charge is 0.480 e. The molecule has 1 rings (SSSR count). The molecule has 0 spiro atoms. The predicted molar refractivity (Wildman–Crippen MR) is 55.5 cm³/mol. The summed E-state index contributed by atoms with van der Waals surface area (Å²) in [5, 5.41) is 14.5. The van der Waals surface area contributed by atoms with E-state index < -0.39 is 11.5 Å². The van der Waals surface area contributed by atoms with Crippen LogP contribution in [0.5, 0.6) is 0 Å². The molecule has 0 bridgehead atoms. The van der Waals surface area contributed by atoms with Gasteiger partial charge in [0.25, 0.3) is 0 Å². The number of hydrogen-bond donors (Lipinski definition) is 3. The number of rotatable bonds is 4. The van der Waals surface area contributed by atoms with E-state index in [1.165, 1.54) is 13.8 Å². The Kier molecular flexibility index (Phi) is 3.68. The molecule has 1 amide bonds. The van der Waals surface area contributed by atoms with Crippen molar-refractivity contribution in [3.8, 4) is 0 Å². The van der Waals surface area contributed by atoms with Crippen molar-refractivity contribution in [2.24, 2.45) is 0 Å². The summed E-state index contributed by atoms with van der Waals surface area (Å²) in [4.78, 5) is 22.3. The lowest BCUT2D eigenvalue weighted by atomic mass is 10.0. The van der Waals surface area contributed by atoms with Gasteiger partial charge in [-0.25, -0.2) is 4.79 Å². The van der Waals surface area contributed by atoms with Crippen LogP contribution in [0.25, 0.3) is 0 Å². The third kappa shape index (κ3) is 3.51. The minimum atomic E-state index is -1.18. The number of nitrogens with one attached hydrogen (secondary N) is 2. The van der Waals surface area contributed by atoms with Gasteiger partial charge in [-0.15, -0.1) is 0 Å². The molecule has 15 heavy (non-hydrogen) atoms. The summed E-state index contributed by atoms with van der Waals surface area (Å²) in [7, 11) is 0. The highest BCUT2D eigenvalue weighted by atomic mass is 16.4. The van der Waals surface area contributed by atoms with Crippen LogP contribution in [0.3, 0.4) is 0 Å². The van der Waals surface area contributed by atoms with Gasteiger partial charge in [0.2, 0.25) is 5.91 Å². The van der Waals surface area contributed by atoms with Gasteiger partial charge in [0.15, 0.2) is 0 Å². The first-order chi connectivity index (χ1) is 6.92. The molecule has 3 N–H and O–H groups in total. The van der Waals surface area contributed by atoms with Gasteiger partial charge < -0.3 is 15.7 Å². The summed E-state index contributed by atoms with van der Waals surface area (Å²) in [5.74, 6) is -1.22. The molecule has 1 unspecified atom stereocenters. The monoisotopic (exact) mass is 214 g/mol. The van der Waals surface area contributed by atoms with E-state index in [9.17, 15) is 9.59 Å². The summed E-state index contributed by atoms with van der Waals surface area (Å²) in [6.45, 7) is 3.91. The van der Waals surface area contributed by atoms with Crippen molar-refractivity contribution in [3.63, 3.8) is 0 Å². The van der Waals surface area contributed by atoms with E-state index >= 15 is 0 Å². The molecule has 0 aliphatic carbocycles. The Labute approximate surface area is 89.2 Å². The fourth-order valence-corrected chi connectivity index (χ4v) is 1.61. The van der Waals surface area contributed by atoms with Crippen molar-refractivity contribution in [3.05, 3.63) is 0 Å². The summed E-state index contributed by atoms with van der Waals surface area (Å²) < 4.78 is 0. The summed E-state index contributed by atoms with van der Waals surface area (Å²) in [5.41, 5.74) is -1.18. The summed E-state index contributed by atoms with van der Waals surface area (Å²) >= 11 is 0. The molecule has 0 aromatic carbocycles. The van der Waals surface area contributed by atoms with Crippen molar-refractivity contribution in [1.29, 1.82) is 0 Å². The third-order valence-corrected chi connectivity index (χ3v) is 2.58. The van der Waals surface area contributed by atoms with Crippen molar-refractivity contribution >= 4 is 11.9 Å². The molecular formula is C10H18N2O3. The Hall–Kier alpha value is -1.10. The van der Waals surface area contributed by atoms with Crippen LogP contribution in [-0.2, 0) is 9.59 Å². The predicted octanol–water partition coefficient (Wildman–Crippen LogP) is 0.108. The van der Waals surface area contributed by atoms with E-state index in [4.69, 9.17) is 5.11 Å². The average molecular weight is 214 g/mol. The van der Waals surface area contributed by atoms with Gasteiger partial charge in [0.1, 0.15) is 5.54 Å². The Morgan fingerprint density at radius 1 is 1.53 bits per heavy atom. The van der Waals surface area contributed by atoms with E-state index in [1.807, 2.05) is 0 Å². The highest BCUT2D eigenvalue weighted by molar-refractivity contribution is 5.86. The molecule has 1 aliphatic heterocycles. The quantitative estimate of drug-likeness (QED) is 0.620. The standard InChI is InChI=1S/C10H18N2O3/c1-10(2,9(14)15)12-8(13)6-7-4-3-5-11-7/h7,11H,3-6H2,1-2H3,(H,12,13)(H,14,15). The maximum absolute atomic E-state index is 11.5. The second-order valence-corrected chi connectivity index (χ2v) is 4.48. The second-order valence-electron chi connectivity index (χ2n) is 4.48. The lowest BCUT2D eigenvalue weighted by Crippen LogP contribution is -2.50. The first-order valence-corrected chi connectivity index (χ1v) is 5.19. The lowest BCUT2D eigenvalue weighted by molar-refractivity contribution is -0.146. The van der Waals surface area contributed by atoms with Gasteiger partial charge in [0.05, 0.1) is 0 Å². The van der Waals surface area contributed by atoms with E-state index in [2.05, 4.69) is 10.6 Å². The summed E-state index contributed by atoms with van der Waals surface area (Å²) in [6, 6.07) is 0.203. The molecule has 1 heterocycles. The Morgan fingerprint density at radius 2 is 2.20 bits per heavy atom. The van der Waals surface area contributed by atoms with Crippen molar-refractivity contribution in [1.82, 2.24) is 10.6 Å². The highest BCUT2D eigenvalue weighted by Gasteiger charge is 2.29. The molecule has 1 fully saturated rings. The molecule has 0 radical (unpaired) electrons. The number of carboxylic acids is 1. The topological polar surface area (TPSA) is 78.4 Å². The van der Waals surface area contributed by atoms with Gasteiger partial charge in [-0.1, -0.05) is 0 Å². The second kappa shape index (κ2) is 4.61. The normalized spacial score (nSPS) is 21.3. The van der Waals surface area contributed by atoms with E-state index in [0.717, 1.165) is 19.4 Å². The number of amides is 1. The third-order valence-electron chi connectivity index (χ3n) is 2.58. The lowest BCUT2D eigenvalue weighted by Gasteiger charge is -2.22. The smallest absolute Gasteiger partial charge is 0.328 e. The van der Waals surface area contributed by atoms with Crippen LogP contribution in [0.2, 0.25) is 0 Å². The molecule has 1 aliphatic rings. The Morgan fingerprint density at radius 3 is 2.67 bits per heavy atom. The SMILES string of the molecule is CC(C)(NC(=O)CC1CCCN1)C(=O)O. The maximum Gasteiger partial charge on any atom is 0.328 e. The summed E-state index contributed by atoms with van der Waals surface area (Å²) in [6.07, 6.45) is 2.43. The van der Waals surface area contributed by atoms with Crippen LogP contribution in [-0.4, -0.2) is 35.1 Å². The van der Waals surface area contributed by atoms with Crippen LogP contribution in [0, 0.1) is 0 Å². The minimum absolute atomic E-state index is 0.203. The zero-order chi connectivity index (χ0) is 11.5. The van der Waals surface area contributed by atoms with Gasteiger partial charge in [-0.05, 0) is 33.2 Å². The van der Waals surface area contributed by atoms with Crippen molar-refractivity contribution < 1.29 is 14.7 Å². The van der Waals surface area contributed by atoms with Crippen LogP contribution < -0.4 is 10.6 Å². The van der Waals surface area contributed by atoms with Gasteiger partial charge in [-0.3, -0.25) is 4.79 Å². The van der Waals surface area contributed by atoms with Crippen LogP contribution >= 0.6 is 0 Å². The maximum atomic E-state index is 11.5. The Balaban J connectivity index is 2.38. The first-order valence-electron chi connectivity index (χ1n) is 5.19. The highest BCUT2D eigenvalue weighted by Crippen LogP contribution is 2.10. The van der Waals surface area contributed by atoms with E-state index in [0.29, 0.717) is 6.42 Å². The molecule has 5 heteroatoms. The van der Waals surface area contributed by atoms with Crippen molar-refractivity contribution in [2.45, 2.75) is 44.7 Å². The average Bonchev–Trinajstić information content (AvgIpc) is 2.54. The Bertz CT molecular complexity index is 257. The molecular weight excluding hydrogens is 196 g/mol. The van der Waals surface area contributed by atoms with Crippen molar-refractivity contribution in [2.75, 3.05) is 6.54 Å². The van der Waals surface area contributed by atoms with E-state index in [1.54, 1.807) is 0 Å². The fourth-order valence-electron chi connectivity index (χ4n) is 1.61. The molecule has 1 atom stereocenters. The molecule has 0 saturated carbocycles. The number of carbonyl (C=O) groups is 2. The molecule has 86 valence electrons. The molecule has 0 aromatic heterocycles. The fraction of sp³-hybridized carbons (Fsp3) is 0.800. The van der Waals surface area contributed by atoms with Gasteiger partial charge >= 0.3 is 5.97 Å². The van der Waals surface area contributed by atoms with Crippen LogP contribution in [0.15, 0.2) is 0 Å². The zero-order valence-electron chi connectivity index (χ0n) is 9.17. The minimum Gasteiger partial charge on any atom is -0.480 e. The molecule has 0 aromatic rings. The zero-order valence-corrected chi connectivity index (χ0v) is 9.17. The molecule has 5 nitrogen and oxygen atoms in total. The first kappa shape index (κ1) is 12.0. The van der Waals surface area contributed by atoms with Crippen LogP contribution in [0.4, 0.5) is 0 Å².